The number of ether oxygens (including phenoxy) is 1. The second-order valence-corrected chi connectivity index (χ2v) is 5.58. The average molecular weight is 301 g/mol. The normalized spacial score (nSPS) is 10.7. The van der Waals surface area contributed by atoms with Crippen LogP contribution in [0.3, 0.4) is 0 Å². The van der Waals surface area contributed by atoms with Gasteiger partial charge in [0.1, 0.15) is 5.75 Å². The molecule has 0 saturated heterocycles. The molecule has 1 amide bonds. The standard InChI is InChI=1S/C15H15N3O2S/c1-11-3-2-4-13(7-11)20-10-14(19)16-8-12-9-18-5-6-21-15(18)17-12/h2-7,9H,8,10H2,1H3,(H,16,19). The Bertz CT molecular complexity index is 734. The first-order valence-corrected chi connectivity index (χ1v) is 7.46. The summed E-state index contributed by atoms with van der Waals surface area (Å²) in [5.74, 6) is 0.542. The first-order chi connectivity index (χ1) is 10.2. The summed E-state index contributed by atoms with van der Waals surface area (Å²) < 4.78 is 7.39. The van der Waals surface area contributed by atoms with Crippen molar-refractivity contribution in [2.75, 3.05) is 6.61 Å². The molecule has 0 unspecified atom stereocenters. The molecule has 0 aliphatic rings. The van der Waals surface area contributed by atoms with Crippen LogP contribution >= 0.6 is 11.3 Å². The van der Waals surface area contributed by atoms with Gasteiger partial charge in [0.25, 0.3) is 5.91 Å². The highest BCUT2D eigenvalue weighted by molar-refractivity contribution is 7.15. The van der Waals surface area contributed by atoms with Crippen molar-refractivity contribution >= 4 is 22.2 Å². The first-order valence-electron chi connectivity index (χ1n) is 6.58. The Balaban J connectivity index is 1.49. The van der Waals surface area contributed by atoms with Crippen LogP contribution in [0, 0.1) is 6.92 Å². The molecule has 2 aromatic heterocycles. The molecule has 1 aromatic carbocycles. The Kier molecular flexibility index (Phi) is 3.87. The molecule has 0 aliphatic carbocycles. The number of rotatable bonds is 5. The number of amides is 1. The van der Waals surface area contributed by atoms with Gasteiger partial charge in [-0.25, -0.2) is 4.98 Å². The summed E-state index contributed by atoms with van der Waals surface area (Å²) >= 11 is 1.57. The molecule has 3 aromatic rings. The molecule has 5 nitrogen and oxygen atoms in total. The van der Waals surface area contributed by atoms with E-state index in [1.54, 1.807) is 11.3 Å². The number of nitrogens with one attached hydrogen (secondary N) is 1. The average Bonchev–Trinajstić information content (AvgIpc) is 3.04. The topological polar surface area (TPSA) is 55.6 Å². The highest BCUT2D eigenvalue weighted by Crippen LogP contribution is 2.12. The molecule has 0 spiro atoms. The Morgan fingerprint density at radius 3 is 3.19 bits per heavy atom. The van der Waals surface area contributed by atoms with E-state index < -0.39 is 0 Å². The fourth-order valence-corrected chi connectivity index (χ4v) is 2.67. The Morgan fingerprint density at radius 2 is 2.38 bits per heavy atom. The van der Waals surface area contributed by atoms with E-state index in [0.717, 1.165) is 16.2 Å². The van der Waals surface area contributed by atoms with Crippen LogP contribution in [0.4, 0.5) is 0 Å². The lowest BCUT2D eigenvalue weighted by Gasteiger charge is -2.07. The minimum atomic E-state index is -0.159. The zero-order chi connectivity index (χ0) is 14.7. The number of carbonyl (C=O) groups excluding carboxylic acids is 1. The van der Waals surface area contributed by atoms with Gasteiger partial charge in [-0.2, -0.15) is 0 Å². The van der Waals surface area contributed by atoms with Gasteiger partial charge in [0.15, 0.2) is 11.6 Å². The summed E-state index contributed by atoms with van der Waals surface area (Å²) in [5.41, 5.74) is 1.94. The SMILES string of the molecule is Cc1cccc(OCC(=O)NCc2cn3ccsc3n2)c1. The molecular weight excluding hydrogens is 286 g/mol. The minimum Gasteiger partial charge on any atom is -0.484 e. The molecule has 0 aliphatic heterocycles. The van der Waals surface area contributed by atoms with E-state index in [4.69, 9.17) is 4.74 Å². The maximum absolute atomic E-state index is 11.8. The van der Waals surface area contributed by atoms with Crippen LogP contribution in [0.25, 0.3) is 4.96 Å². The number of hydrogen-bond donors (Lipinski definition) is 1. The molecule has 21 heavy (non-hydrogen) atoms. The summed E-state index contributed by atoms with van der Waals surface area (Å²) in [7, 11) is 0. The number of hydrogen-bond acceptors (Lipinski definition) is 4. The third-order valence-electron chi connectivity index (χ3n) is 2.97. The predicted octanol–water partition coefficient (Wildman–Crippen LogP) is 2.40. The molecule has 0 fully saturated rings. The minimum absolute atomic E-state index is 0.00563. The van der Waals surface area contributed by atoms with E-state index in [2.05, 4.69) is 10.3 Å². The van der Waals surface area contributed by atoms with Crippen molar-refractivity contribution < 1.29 is 9.53 Å². The maximum Gasteiger partial charge on any atom is 0.258 e. The largest absolute Gasteiger partial charge is 0.484 e. The van der Waals surface area contributed by atoms with Crippen LogP contribution in [-0.4, -0.2) is 21.9 Å². The molecule has 6 heteroatoms. The van der Waals surface area contributed by atoms with E-state index in [1.165, 1.54) is 0 Å². The second-order valence-electron chi connectivity index (χ2n) is 4.71. The molecule has 2 heterocycles. The van der Waals surface area contributed by atoms with Crippen LogP contribution in [-0.2, 0) is 11.3 Å². The van der Waals surface area contributed by atoms with Crippen molar-refractivity contribution in [3.63, 3.8) is 0 Å². The summed E-state index contributed by atoms with van der Waals surface area (Å²) in [6, 6.07) is 7.62. The van der Waals surface area contributed by atoms with Gasteiger partial charge < -0.3 is 10.1 Å². The third kappa shape index (κ3) is 3.41. The second kappa shape index (κ2) is 5.97. The molecule has 0 saturated carbocycles. The number of thiazole rings is 1. The van der Waals surface area contributed by atoms with Crippen molar-refractivity contribution in [3.05, 3.63) is 53.3 Å². The van der Waals surface area contributed by atoms with Crippen molar-refractivity contribution in [1.82, 2.24) is 14.7 Å². The van der Waals surface area contributed by atoms with E-state index in [0.29, 0.717) is 12.3 Å². The lowest BCUT2D eigenvalue weighted by Crippen LogP contribution is -2.28. The number of carbonyl (C=O) groups is 1. The molecule has 0 radical (unpaired) electrons. The first kappa shape index (κ1) is 13.6. The molecule has 0 bridgehead atoms. The van der Waals surface area contributed by atoms with Crippen molar-refractivity contribution in [1.29, 1.82) is 0 Å². The Hall–Kier alpha value is -2.34. The van der Waals surface area contributed by atoms with Crippen molar-refractivity contribution in [2.24, 2.45) is 0 Å². The van der Waals surface area contributed by atoms with E-state index in [-0.39, 0.29) is 12.5 Å². The van der Waals surface area contributed by atoms with Crippen LogP contribution < -0.4 is 10.1 Å². The number of aromatic nitrogens is 2. The van der Waals surface area contributed by atoms with Crippen LogP contribution in [0.2, 0.25) is 0 Å². The van der Waals surface area contributed by atoms with E-state index in [9.17, 15) is 4.79 Å². The van der Waals surface area contributed by atoms with E-state index >= 15 is 0 Å². The third-order valence-corrected chi connectivity index (χ3v) is 3.74. The summed E-state index contributed by atoms with van der Waals surface area (Å²) in [4.78, 5) is 17.1. The summed E-state index contributed by atoms with van der Waals surface area (Å²) in [6.45, 7) is 2.40. The van der Waals surface area contributed by atoms with Gasteiger partial charge in [0, 0.05) is 17.8 Å². The van der Waals surface area contributed by atoms with Crippen LogP contribution in [0.5, 0.6) is 5.75 Å². The highest BCUT2D eigenvalue weighted by Gasteiger charge is 2.06. The Morgan fingerprint density at radius 1 is 1.48 bits per heavy atom. The molecule has 1 N–H and O–H groups in total. The quantitative estimate of drug-likeness (QED) is 0.787. The van der Waals surface area contributed by atoms with Gasteiger partial charge in [-0.1, -0.05) is 12.1 Å². The number of fused-ring (bicyclic) bond motifs is 1. The molecular formula is C15H15N3O2S. The van der Waals surface area contributed by atoms with Crippen LogP contribution in [0.15, 0.2) is 42.0 Å². The van der Waals surface area contributed by atoms with Crippen LogP contribution in [0.1, 0.15) is 11.3 Å². The van der Waals surface area contributed by atoms with Gasteiger partial charge in [0.2, 0.25) is 0 Å². The van der Waals surface area contributed by atoms with Gasteiger partial charge in [-0.3, -0.25) is 9.20 Å². The predicted molar refractivity (Wildman–Crippen MR) is 81.6 cm³/mol. The lowest BCUT2D eigenvalue weighted by atomic mass is 10.2. The molecule has 3 rings (SSSR count). The summed E-state index contributed by atoms with van der Waals surface area (Å²) in [5, 5.41) is 4.77. The zero-order valence-corrected chi connectivity index (χ0v) is 12.4. The van der Waals surface area contributed by atoms with Crippen molar-refractivity contribution in [3.8, 4) is 5.75 Å². The van der Waals surface area contributed by atoms with Gasteiger partial charge in [-0.15, -0.1) is 11.3 Å². The zero-order valence-electron chi connectivity index (χ0n) is 11.6. The number of benzene rings is 1. The van der Waals surface area contributed by atoms with E-state index in [1.807, 2.05) is 53.4 Å². The molecule has 0 atom stereocenters. The maximum atomic E-state index is 11.8. The highest BCUT2D eigenvalue weighted by atomic mass is 32.1. The van der Waals surface area contributed by atoms with Gasteiger partial charge >= 0.3 is 0 Å². The van der Waals surface area contributed by atoms with Gasteiger partial charge in [0.05, 0.1) is 12.2 Å². The smallest absolute Gasteiger partial charge is 0.258 e. The van der Waals surface area contributed by atoms with Gasteiger partial charge in [-0.05, 0) is 24.6 Å². The lowest BCUT2D eigenvalue weighted by molar-refractivity contribution is -0.123. The molecule has 108 valence electrons. The number of nitrogens with zero attached hydrogens (tertiary/aromatic N) is 2. The monoisotopic (exact) mass is 301 g/mol. The van der Waals surface area contributed by atoms with Crippen molar-refractivity contribution in [2.45, 2.75) is 13.5 Å². The Labute approximate surface area is 126 Å². The number of imidazole rings is 1. The number of aryl methyl sites for hydroxylation is 1. The summed E-state index contributed by atoms with van der Waals surface area (Å²) in [6.07, 6.45) is 3.85. The fraction of sp³-hybridized carbons (Fsp3) is 0.200. The fourth-order valence-electron chi connectivity index (χ4n) is 1.96.